The second-order valence-corrected chi connectivity index (χ2v) is 8.10. The molecule has 1 N–H and O–H groups in total. The maximum Gasteiger partial charge on any atom is 0.165 e. The van der Waals surface area contributed by atoms with Gasteiger partial charge in [0.2, 0.25) is 0 Å². The van der Waals surface area contributed by atoms with E-state index in [1.165, 1.54) is 25.0 Å². The molecule has 1 aromatic rings. The van der Waals surface area contributed by atoms with Gasteiger partial charge in [0.05, 0.1) is 0 Å². The molecule has 0 aliphatic heterocycles. The van der Waals surface area contributed by atoms with Crippen molar-refractivity contribution in [1.82, 2.24) is 0 Å². The maximum atomic E-state index is 13.0. The Morgan fingerprint density at radius 1 is 1.50 bits per heavy atom. The van der Waals surface area contributed by atoms with Crippen LogP contribution < -0.4 is 5.30 Å². The summed E-state index contributed by atoms with van der Waals surface area (Å²) in [5.74, 6) is -0.762. The number of benzene rings is 1. The van der Waals surface area contributed by atoms with E-state index in [-0.39, 0.29) is 12.9 Å². The molecule has 1 unspecified atom stereocenters. The Morgan fingerprint density at radius 2 is 2.21 bits per heavy atom. The predicted octanol–water partition coefficient (Wildman–Crippen LogP) is 3.08. The van der Waals surface area contributed by atoms with Gasteiger partial charge in [-0.05, 0) is 50.1 Å². The van der Waals surface area contributed by atoms with Crippen molar-refractivity contribution in [1.29, 1.82) is 0 Å². The zero-order chi connectivity index (χ0) is 10.1. The molecule has 14 heavy (non-hydrogen) atoms. The lowest BCUT2D eigenvalue weighted by Gasteiger charge is -2.11. The van der Waals surface area contributed by atoms with Gasteiger partial charge in [-0.1, -0.05) is 0 Å². The molecule has 1 aliphatic carbocycles. The monoisotopic (exact) mass is 230 g/mol. The number of halogens is 1. The van der Waals surface area contributed by atoms with Crippen molar-refractivity contribution in [3.8, 4) is 5.75 Å². The average Bonchev–Trinajstić information content (AvgIpc) is 2.93. The molecule has 1 atom stereocenters. The molecule has 0 saturated heterocycles. The van der Waals surface area contributed by atoms with Gasteiger partial charge in [-0.15, -0.1) is 11.4 Å². The molecule has 1 nitrogen and oxygen atoms in total. The Morgan fingerprint density at radius 3 is 2.79 bits per heavy atom. The summed E-state index contributed by atoms with van der Waals surface area (Å²) in [6.45, 7) is 2.14. The smallest absolute Gasteiger partial charge is 0.165 e. The van der Waals surface area contributed by atoms with Gasteiger partial charge >= 0.3 is 0 Å². The van der Waals surface area contributed by atoms with E-state index in [4.69, 9.17) is 5.11 Å². The highest BCUT2D eigenvalue weighted by atomic mass is 32.7. The van der Waals surface area contributed by atoms with Crippen LogP contribution in [0.15, 0.2) is 18.2 Å². The van der Waals surface area contributed by atoms with Crippen LogP contribution in [-0.4, -0.2) is 17.0 Å². The number of rotatable bonds is 3. The highest BCUT2D eigenvalue weighted by Gasteiger charge is 2.25. The van der Waals surface area contributed by atoms with E-state index in [9.17, 15) is 4.39 Å². The molecule has 1 saturated carbocycles. The van der Waals surface area contributed by atoms with E-state index in [0.717, 1.165) is 10.6 Å². The fourth-order valence-electron chi connectivity index (χ4n) is 1.15. The minimum Gasteiger partial charge on any atom is -0.505 e. The van der Waals surface area contributed by atoms with Crippen molar-refractivity contribution >= 4 is 23.8 Å². The summed E-state index contributed by atoms with van der Waals surface area (Å²) >= 11 is 1.95. The van der Waals surface area contributed by atoms with Gasteiger partial charge in [-0.2, -0.15) is 0 Å². The molecule has 0 radical (unpaired) electrons. The summed E-state index contributed by atoms with van der Waals surface area (Å²) < 4.78 is 13.0. The molecular weight excluding hydrogens is 218 g/mol. The van der Waals surface area contributed by atoms with E-state index in [2.05, 4.69) is 6.66 Å². The Balaban J connectivity index is 2.10. The fourth-order valence-corrected chi connectivity index (χ4v) is 5.32. The molecule has 1 fully saturated rings. The first kappa shape index (κ1) is 10.3. The van der Waals surface area contributed by atoms with Crippen LogP contribution in [0, 0.1) is 5.82 Å². The number of hydrogen-bond acceptors (Lipinski definition) is 2. The normalized spacial score (nSPS) is 18.1. The second-order valence-electron chi connectivity index (χ2n) is 3.44. The Bertz CT molecular complexity index is 341. The van der Waals surface area contributed by atoms with Crippen LogP contribution in [0.4, 0.5) is 4.39 Å². The van der Waals surface area contributed by atoms with Gasteiger partial charge in [0.1, 0.15) is 0 Å². The SMILES string of the molecule is CP(SC1CC1)c1ccc(O)c(F)c1. The van der Waals surface area contributed by atoms with E-state index >= 15 is 0 Å². The van der Waals surface area contributed by atoms with Crippen molar-refractivity contribution < 1.29 is 9.50 Å². The van der Waals surface area contributed by atoms with Crippen LogP contribution in [0.5, 0.6) is 5.75 Å². The van der Waals surface area contributed by atoms with Gasteiger partial charge in [0.25, 0.3) is 0 Å². The third-order valence-electron chi connectivity index (χ3n) is 2.13. The van der Waals surface area contributed by atoms with Crippen LogP contribution >= 0.6 is 18.5 Å². The van der Waals surface area contributed by atoms with Gasteiger partial charge < -0.3 is 5.11 Å². The fraction of sp³-hybridized carbons (Fsp3) is 0.400. The predicted molar refractivity (Wildman–Crippen MR) is 61.2 cm³/mol. The summed E-state index contributed by atoms with van der Waals surface area (Å²) in [6.07, 6.45) is 2.61. The van der Waals surface area contributed by atoms with Crippen molar-refractivity contribution in [2.24, 2.45) is 0 Å². The lowest BCUT2D eigenvalue weighted by molar-refractivity contribution is 0.433. The zero-order valence-electron chi connectivity index (χ0n) is 7.90. The quantitative estimate of drug-likeness (QED) is 0.805. The Kier molecular flexibility index (Phi) is 2.99. The van der Waals surface area contributed by atoms with Crippen LogP contribution in [0.25, 0.3) is 0 Å². The Hall–Kier alpha value is -0.270. The van der Waals surface area contributed by atoms with Gasteiger partial charge in [0.15, 0.2) is 11.6 Å². The summed E-state index contributed by atoms with van der Waals surface area (Å²) in [5, 5.41) is 10.9. The van der Waals surface area contributed by atoms with E-state index in [0.29, 0.717) is 0 Å². The number of phenols is 1. The maximum absolute atomic E-state index is 13.0. The topological polar surface area (TPSA) is 20.2 Å². The molecule has 0 spiro atoms. The standard InChI is InChI=1S/C10H12FOPS/c1-13(14-8-3-4-8)7-2-5-10(12)9(11)6-7/h2,5-6,8,12H,3-4H2,1H3. The summed E-state index contributed by atoms with van der Waals surface area (Å²) in [7, 11) is -0.316. The highest BCUT2D eigenvalue weighted by Crippen LogP contribution is 2.54. The van der Waals surface area contributed by atoms with E-state index in [1.54, 1.807) is 0 Å². The molecule has 0 heterocycles. The summed E-state index contributed by atoms with van der Waals surface area (Å²) in [6, 6.07) is 4.72. The zero-order valence-corrected chi connectivity index (χ0v) is 9.62. The molecule has 0 bridgehead atoms. The van der Waals surface area contributed by atoms with Crippen molar-refractivity contribution in [2.75, 3.05) is 6.66 Å². The third-order valence-corrected chi connectivity index (χ3v) is 6.69. The molecule has 76 valence electrons. The van der Waals surface area contributed by atoms with Crippen molar-refractivity contribution in [2.45, 2.75) is 18.1 Å². The largest absolute Gasteiger partial charge is 0.505 e. The molecule has 0 amide bonds. The molecule has 1 aliphatic rings. The third kappa shape index (κ3) is 2.40. The summed E-state index contributed by atoms with van der Waals surface area (Å²) in [5.41, 5.74) is 0. The molecule has 1 aromatic carbocycles. The van der Waals surface area contributed by atoms with Crippen LogP contribution in [0.1, 0.15) is 12.8 Å². The van der Waals surface area contributed by atoms with E-state index in [1.807, 2.05) is 17.4 Å². The van der Waals surface area contributed by atoms with Gasteiger partial charge in [-0.25, -0.2) is 4.39 Å². The molecule has 4 heteroatoms. The first-order chi connectivity index (χ1) is 6.66. The van der Waals surface area contributed by atoms with E-state index < -0.39 is 5.82 Å². The number of phenolic OH excluding ortho intramolecular Hbond substituents is 1. The molecule has 0 aromatic heterocycles. The number of hydrogen-bond donors (Lipinski definition) is 1. The van der Waals surface area contributed by atoms with Crippen LogP contribution in [-0.2, 0) is 0 Å². The average molecular weight is 230 g/mol. The van der Waals surface area contributed by atoms with Crippen molar-refractivity contribution in [3.05, 3.63) is 24.0 Å². The first-order valence-electron chi connectivity index (χ1n) is 4.56. The minimum absolute atomic E-state index is 0.256. The molecular formula is C10H12FOPS. The second kappa shape index (κ2) is 4.08. The van der Waals surface area contributed by atoms with Gasteiger partial charge in [0, 0.05) is 5.25 Å². The lowest BCUT2D eigenvalue weighted by Crippen LogP contribution is -1.99. The lowest BCUT2D eigenvalue weighted by atomic mass is 10.3. The number of aromatic hydroxyl groups is 1. The highest BCUT2D eigenvalue weighted by molar-refractivity contribution is 8.58. The summed E-state index contributed by atoms with van der Waals surface area (Å²) in [4.78, 5) is 0. The Labute approximate surface area is 88.2 Å². The molecule has 2 rings (SSSR count). The van der Waals surface area contributed by atoms with Gasteiger partial charge in [-0.3, -0.25) is 0 Å². The van der Waals surface area contributed by atoms with Crippen LogP contribution in [0.2, 0.25) is 0 Å². The van der Waals surface area contributed by atoms with Crippen molar-refractivity contribution in [3.63, 3.8) is 0 Å². The van der Waals surface area contributed by atoms with Crippen LogP contribution in [0.3, 0.4) is 0 Å². The first-order valence-corrected chi connectivity index (χ1v) is 7.83. The minimum atomic E-state index is -0.506.